The average Bonchev–Trinajstić information content (AvgIpc) is 2.95. The standard InChI is InChI=1S/C17H26N4O2/c1-5-20-8-6-7-17(3,11-20)16(23)21-9-13-14(10-21)18-12(2)19(4)15(13)22/h5-11H2,1-4H3/t17-/m1/s1. The maximum atomic E-state index is 13.1. The highest BCUT2D eigenvalue weighted by Gasteiger charge is 2.42. The van der Waals surface area contributed by atoms with Crippen molar-refractivity contribution < 1.29 is 4.79 Å². The molecule has 3 rings (SSSR count). The summed E-state index contributed by atoms with van der Waals surface area (Å²) in [6.45, 7) is 9.75. The fourth-order valence-corrected chi connectivity index (χ4v) is 3.84. The number of piperidine rings is 1. The lowest BCUT2D eigenvalue weighted by Crippen LogP contribution is -2.50. The summed E-state index contributed by atoms with van der Waals surface area (Å²) >= 11 is 0. The molecule has 1 fully saturated rings. The van der Waals surface area contributed by atoms with Gasteiger partial charge in [-0.15, -0.1) is 0 Å². The van der Waals surface area contributed by atoms with E-state index in [9.17, 15) is 9.59 Å². The van der Waals surface area contributed by atoms with Crippen LogP contribution < -0.4 is 5.56 Å². The van der Waals surface area contributed by atoms with E-state index in [1.807, 2.05) is 11.8 Å². The van der Waals surface area contributed by atoms with Gasteiger partial charge in [-0.2, -0.15) is 0 Å². The van der Waals surface area contributed by atoms with Crippen molar-refractivity contribution in [2.75, 3.05) is 19.6 Å². The number of hydrogen-bond donors (Lipinski definition) is 0. The van der Waals surface area contributed by atoms with E-state index in [0.717, 1.165) is 38.2 Å². The maximum absolute atomic E-state index is 13.1. The Bertz CT molecular complexity index is 697. The highest BCUT2D eigenvalue weighted by Crippen LogP contribution is 2.34. The average molecular weight is 318 g/mol. The van der Waals surface area contributed by atoms with E-state index in [0.29, 0.717) is 24.5 Å². The maximum Gasteiger partial charge on any atom is 0.258 e. The first-order chi connectivity index (χ1) is 10.9. The molecule has 0 radical (unpaired) electrons. The predicted molar refractivity (Wildman–Crippen MR) is 87.9 cm³/mol. The fourth-order valence-electron chi connectivity index (χ4n) is 3.84. The zero-order valence-electron chi connectivity index (χ0n) is 14.6. The van der Waals surface area contributed by atoms with Crippen molar-refractivity contribution in [1.29, 1.82) is 0 Å². The van der Waals surface area contributed by atoms with Gasteiger partial charge >= 0.3 is 0 Å². The molecule has 3 heterocycles. The summed E-state index contributed by atoms with van der Waals surface area (Å²) in [6, 6.07) is 0. The molecule has 2 aliphatic heterocycles. The molecule has 2 aliphatic rings. The normalized spacial score (nSPS) is 24.8. The lowest BCUT2D eigenvalue weighted by atomic mass is 9.80. The van der Waals surface area contributed by atoms with Gasteiger partial charge in [-0.25, -0.2) is 4.98 Å². The van der Waals surface area contributed by atoms with Crippen molar-refractivity contribution in [3.8, 4) is 0 Å². The van der Waals surface area contributed by atoms with Crippen LogP contribution in [0.25, 0.3) is 0 Å². The molecule has 126 valence electrons. The number of aryl methyl sites for hydroxylation is 1. The third-order valence-corrected chi connectivity index (χ3v) is 5.41. The van der Waals surface area contributed by atoms with Gasteiger partial charge < -0.3 is 9.80 Å². The number of aromatic nitrogens is 2. The molecule has 0 unspecified atom stereocenters. The Morgan fingerprint density at radius 3 is 2.78 bits per heavy atom. The molecule has 0 aromatic carbocycles. The summed E-state index contributed by atoms with van der Waals surface area (Å²) in [7, 11) is 1.73. The highest BCUT2D eigenvalue weighted by molar-refractivity contribution is 5.83. The zero-order chi connectivity index (χ0) is 16.8. The Morgan fingerprint density at radius 1 is 1.35 bits per heavy atom. The van der Waals surface area contributed by atoms with E-state index in [2.05, 4.69) is 23.7 Å². The van der Waals surface area contributed by atoms with E-state index in [-0.39, 0.29) is 16.9 Å². The van der Waals surface area contributed by atoms with Crippen molar-refractivity contribution in [3.63, 3.8) is 0 Å². The number of carbonyl (C=O) groups excluding carboxylic acids is 1. The van der Waals surface area contributed by atoms with Crippen molar-refractivity contribution in [3.05, 3.63) is 27.4 Å². The van der Waals surface area contributed by atoms with Crippen molar-refractivity contribution in [1.82, 2.24) is 19.4 Å². The number of rotatable bonds is 2. The van der Waals surface area contributed by atoms with Gasteiger partial charge in [-0.3, -0.25) is 14.2 Å². The Balaban J connectivity index is 1.83. The van der Waals surface area contributed by atoms with Crippen LogP contribution in [0.3, 0.4) is 0 Å². The molecule has 1 atom stereocenters. The van der Waals surface area contributed by atoms with Crippen LogP contribution in [0.1, 0.15) is 43.8 Å². The third kappa shape index (κ3) is 2.69. The molecule has 1 amide bonds. The fraction of sp³-hybridized carbons (Fsp3) is 0.706. The number of fused-ring (bicyclic) bond motifs is 1. The van der Waals surface area contributed by atoms with Crippen molar-refractivity contribution >= 4 is 5.91 Å². The Hall–Kier alpha value is -1.69. The van der Waals surface area contributed by atoms with Crippen LogP contribution in [-0.4, -0.2) is 44.9 Å². The highest BCUT2D eigenvalue weighted by atomic mass is 16.2. The van der Waals surface area contributed by atoms with Gasteiger partial charge in [-0.05, 0) is 39.8 Å². The first kappa shape index (κ1) is 16.2. The van der Waals surface area contributed by atoms with E-state index >= 15 is 0 Å². The molecule has 6 heteroatoms. The first-order valence-corrected chi connectivity index (χ1v) is 8.43. The van der Waals surface area contributed by atoms with E-state index in [1.54, 1.807) is 11.6 Å². The number of nitrogens with zero attached hydrogens (tertiary/aromatic N) is 4. The largest absolute Gasteiger partial charge is 0.332 e. The molecule has 1 aromatic heterocycles. The molecular formula is C17H26N4O2. The molecular weight excluding hydrogens is 292 g/mol. The van der Waals surface area contributed by atoms with Gasteiger partial charge in [-0.1, -0.05) is 6.92 Å². The Labute approximate surface area is 137 Å². The SMILES string of the molecule is CCN1CCC[C@@](C)(C(=O)N2Cc3nc(C)n(C)c(=O)c3C2)C1. The van der Waals surface area contributed by atoms with E-state index in [4.69, 9.17) is 0 Å². The molecule has 23 heavy (non-hydrogen) atoms. The summed E-state index contributed by atoms with van der Waals surface area (Å²) in [5.74, 6) is 0.859. The molecule has 0 spiro atoms. The summed E-state index contributed by atoms with van der Waals surface area (Å²) in [6.07, 6.45) is 1.97. The summed E-state index contributed by atoms with van der Waals surface area (Å²) in [5.41, 5.74) is 1.08. The molecule has 0 aliphatic carbocycles. The second-order valence-electron chi connectivity index (χ2n) is 7.14. The van der Waals surface area contributed by atoms with Crippen LogP contribution in [0, 0.1) is 12.3 Å². The monoisotopic (exact) mass is 318 g/mol. The zero-order valence-corrected chi connectivity index (χ0v) is 14.6. The van der Waals surface area contributed by atoms with E-state index in [1.165, 1.54) is 0 Å². The lowest BCUT2D eigenvalue weighted by Gasteiger charge is -2.40. The minimum atomic E-state index is -0.351. The Kier molecular flexibility index (Phi) is 4.04. The third-order valence-electron chi connectivity index (χ3n) is 5.41. The van der Waals surface area contributed by atoms with E-state index < -0.39 is 0 Å². The molecule has 1 aromatic rings. The van der Waals surface area contributed by atoms with Gasteiger partial charge in [0.1, 0.15) is 5.82 Å². The van der Waals surface area contributed by atoms with Crippen LogP contribution in [0.4, 0.5) is 0 Å². The molecule has 0 bridgehead atoms. The number of likely N-dealkylation sites (tertiary alicyclic amines) is 1. The minimum Gasteiger partial charge on any atom is -0.332 e. The second kappa shape index (κ2) is 5.74. The molecule has 0 N–H and O–H groups in total. The summed E-state index contributed by atoms with van der Waals surface area (Å²) in [5, 5.41) is 0. The van der Waals surface area contributed by atoms with Crippen molar-refractivity contribution in [2.45, 2.75) is 46.7 Å². The number of hydrogen-bond acceptors (Lipinski definition) is 4. The first-order valence-electron chi connectivity index (χ1n) is 8.43. The molecule has 0 saturated carbocycles. The smallest absolute Gasteiger partial charge is 0.258 e. The van der Waals surface area contributed by atoms with Gasteiger partial charge in [0.2, 0.25) is 5.91 Å². The quantitative estimate of drug-likeness (QED) is 0.818. The van der Waals surface area contributed by atoms with Crippen molar-refractivity contribution in [2.24, 2.45) is 12.5 Å². The number of amides is 1. The Morgan fingerprint density at radius 2 is 2.09 bits per heavy atom. The van der Waals surface area contributed by atoms with Crippen LogP contribution in [0.15, 0.2) is 4.79 Å². The van der Waals surface area contributed by atoms with Crippen LogP contribution >= 0.6 is 0 Å². The summed E-state index contributed by atoms with van der Waals surface area (Å²) in [4.78, 5) is 34.1. The molecule has 1 saturated heterocycles. The topological polar surface area (TPSA) is 58.4 Å². The van der Waals surface area contributed by atoms with Gasteiger partial charge in [0.15, 0.2) is 0 Å². The predicted octanol–water partition coefficient (Wildman–Crippen LogP) is 1.05. The van der Waals surface area contributed by atoms with Crippen LogP contribution in [0.2, 0.25) is 0 Å². The van der Waals surface area contributed by atoms with Gasteiger partial charge in [0.05, 0.1) is 29.8 Å². The van der Waals surface area contributed by atoms with Crippen LogP contribution in [-0.2, 0) is 24.9 Å². The summed E-state index contributed by atoms with van der Waals surface area (Å²) < 4.78 is 1.56. The minimum absolute atomic E-state index is 0.0215. The van der Waals surface area contributed by atoms with Gasteiger partial charge in [0.25, 0.3) is 5.56 Å². The lowest BCUT2D eigenvalue weighted by molar-refractivity contribution is -0.145. The van der Waals surface area contributed by atoms with Crippen LogP contribution in [0.5, 0.6) is 0 Å². The van der Waals surface area contributed by atoms with Gasteiger partial charge in [0, 0.05) is 13.6 Å². The molecule has 6 nitrogen and oxygen atoms in total. The second-order valence-corrected chi connectivity index (χ2v) is 7.14. The number of carbonyl (C=O) groups is 1.